The number of pyridine rings is 1. The maximum atomic E-state index is 12.0. The molecule has 98 valence electrons. The minimum atomic E-state index is -0.175. The van der Waals surface area contributed by atoms with Crippen molar-refractivity contribution >= 4 is 11.6 Å². The van der Waals surface area contributed by atoms with E-state index >= 15 is 0 Å². The van der Waals surface area contributed by atoms with E-state index in [1.165, 1.54) is 0 Å². The molecule has 0 saturated heterocycles. The third-order valence-electron chi connectivity index (χ3n) is 3.05. The maximum Gasteiger partial charge on any atom is 0.270 e. The highest BCUT2D eigenvalue weighted by Crippen LogP contribution is 2.15. The molecule has 1 aromatic carbocycles. The van der Waals surface area contributed by atoms with Crippen molar-refractivity contribution in [2.75, 3.05) is 5.73 Å². The largest absolute Gasteiger partial charge is 0.399 e. The topological polar surface area (TPSA) is 68.0 Å². The van der Waals surface area contributed by atoms with Crippen molar-refractivity contribution < 1.29 is 4.79 Å². The van der Waals surface area contributed by atoms with Gasteiger partial charge in [-0.05, 0) is 43.2 Å². The lowest BCUT2D eigenvalue weighted by Gasteiger charge is -2.09. The lowest BCUT2D eigenvalue weighted by molar-refractivity contribution is 0.0945. The highest BCUT2D eigenvalue weighted by atomic mass is 16.1. The van der Waals surface area contributed by atoms with Gasteiger partial charge in [-0.25, -0.2) is 4.98 Å². The molecule has 0 unspecified atom stereocenters. The number of nitrogen functional groups attached to an aromatic ring is 1. The molecule has 2 rings (SSSR count). The molecule has 19 heavy (non-hydrogen) atoms. The van der Waals surface area contributed by atoms with Gasteiger partial charge in [0, 0.05) is 17.9 Å². The first kappa shape index (κ1) is 13.1. The molecular formula is C15H17N3O. The van der Waals surface area contributed by atoms with E-state index in [9.17, 15) is 4.79 Å². The third kappa shape index (κ3) is 3.10. The zero-order valence-electron chi connectivity index (χ0n) is 11.1. The summed E-state index contributed by atoms with van der Waals surface area (Å²) in [4.78, 5) is 16.2. The Morgan fingerprint density at radius 2 is 1.95 bits per heavy atom. The van der Waals surface area contributed by atoms with Gasteiger partial charge in [0.15, 0.2) is 0 Å². The average molecular weight is 255 g/mol. The molecule has 1 heterocycles. The van der Waals surface area contributed by atoms with Gasteiger partial charge in [0.1, 0.15) is 5.69 Å². The summed E-state index contributed by atoms with van der Waals surface area (Å²) in [6.07, 6.45) is 0. The molecule has 0 atom stereocenters. The lowest BCUT2D eigenvalue weighted by atomic mass is 10.1. The van der Waals surface area contributed by atoms with Gasteiger partial charge in [-0.2, -0.15) is 0 Å². The van der Waals surface area contributed by atoms with Gasteiger partial charge < -0.3 is 11.1 Å². The fourth-order valence-electron chi connectivity index (χ4n) is 1.83. The number of anilines is 1. The van der Waals surface area contributed by atoms with Gasteiger partial charge in [-0.15, -0.1) is 0 Å². The van der Waals surface area contributed by atoms with E-state index in [-0.39, 0.29) is 5.91 Å². The SMILES string of the molecule is Cc1cccc(C(=O)NCc2cccc(N)c2C)n1. The number of nitrogens with one attached hydrogen (secondary N) is 1. The molecule has 0 aliphatic rings. The Morgan fingerprint density at radius 1 is 1.21 bits per heavy atom. The molecule has 4 heteroatoms. The summed E-state index contributed by atoms with van der Waals surface area (Å²) >= 11 is 0. The van der Waals surface area contributed by atoms with Gasteiger partial charge in [0.25, 0.3) is 5.91 Å². The highest BCUT2D eigenvalue weighted by Gasteiger charge is 2.08. The summed E-state index contributed by atoms with van der Waals surface area (Å²) in [5.74, 6) is -0.175. The predicted octanol–water partition coefficient (Wildman–Crippen LogP) is 2.21. The molecule has 0 spiro atoms. The Hall–Kier alpha value is -2.36. The van der Waals surface area contributed by atoms with Crippen LogP contribution in [0.4, 0.5) is 5.69 Å². The summed E-state index contributed by atoms with van der Waals surface area (Å²) in [6, 6.07) is 11.1. The standard InChI is InChI=1S/C15H17N3O/c1-10-5-3-8-14(18-10)15(19)17-9-12-6-4-7-13(16)11(12)2/h3-8H,9,16H2,1-2H3,(H,17,19). The van der Waals surface area contributed by atoms with Crippen molar-refractivity contribution in [1.82, 2.24) is 10.3 Å². The van der Waals surface area contributed by atoms with Crippen molar-refractivity contribution in [3.05, 3.63) is 58.9 Å². The molecule has 3 N–H and O–H groups in total. The van der Waals surface area contributed by atoms with Gasteiger partial charge in [-0.3, -0.25) is 4.79 Å². The Labute approximate surface area is 112 Å². The van der Waals surface area contributed by atoms with Crippen LogP contribution in [0.1, 0.15) is 27.3 Å². The van der Waals surface area contributed by atoms with Crippen LogP contribution in [0.2, 0.25) is 0 Å². The molecule has 1 aromatic heterocycles. The fourth-order valence-corrected chi connectivity index (χ4v) is 1.83. The van der Waals surface area contributed by atoms with E-state index in [4.69, 9.17) is 5.73 Å². The molecule has 1 amide bonds. The number of benzene rings is 1. The van der Waals surface area contributed by atoms with Crippen LogP contribution in [0, 0.1) is 13.8 Å². The van der Waals surface area contributed by atoms with Crippen molar-refractivity contribution in [2.45, 2.75) is 20.4 Å². The number of hydrogen-bond donors (Lipinski definition) is 2. The number of aryl methyl sites for hydroxylation is 1. The zero-order valence-corrected chi connectivity index (χ0v) is 11.1. The summed E-state index contributed by atoms with van der Waals surface area (Å²) in [6.45, 7) is 4.26. The molecule has 0 bridgehead atoms. The Morgan fingerprint density at radius 3 is 2.68 bits per heavy atom. The number of nitrogens with zero attached hydrogens (tertiary/aromatic N) is 1. The second-order valence-corrected chi connectivity index (χ2v) is 4.48. The minimum Gasteiger partial charge on any atom is -0.399 e. The van der Waals surface area contributed by atoms with Crippen LogP contribution in [0.5, 0.6) is 0 Å². The first-order valence-corrected chi connectivity index (χ1v) is 6.14. The Balaban J connectivity index is 2.07. The molecule has 0 saturated carbocycles. The smallest absolute Gasteiger partial charge is 0.270 e. The Bertz CT molecular complexity index is 608. The van der Waals surface area contributed by atoms with Crippen LogP contribution in [0.25, 0.3) is 0 Å². The van der Waals surface area contributed by atoms with E-state index in [1.807, 2.05) is 44.2 Å². The van der Waals surface area contributed by atoms with Crippen molar-refractivity contribution in [1.29, 1.82) is 0 Å². The maximum absolute atomic E-state index is 12.0. The molecular weight excluding hydrogens is 238 g/mol. The van der Waals surface area contributed by atoms with Crippen LogP contribution in [0.3, 0.4) is 0 Å². The molecule has 4 nitrogen and oxygen atoms in total. The van der Waals surface area contributed by atoms with Crippen molar-refractivity contribution in [3.8, 4) is 0 Å². The molecule has 0 aliphatic heterocycles. The van der Waals surface area contributed by atoms with Crippen LogP contribution in [-0.2, 0) is 6.54 Å². The van der Waals surface area contributed by atoms with E-state index in [1.54, 1.807) is 6.07 Å². The number of nitrogens with two attached hydrogens (primary N) is 1. The molecule has 2 aromatic rings. The second kappa shape index (κ2) is 5.52. The van der Waals surface area contributed by atoms with Crippen LogP contribution >= 0.6 is 0 Å². The lowest BCUT2D eigenvalue weighted by Crippen LogP contribution is -2.24. The van der Waals surface area contributed by atoms with Gasteiger partial charge in [0.05, 0.1) is 0 Å². The van der Waals surface area contributed by atoms with Crippen LogP contribution < -0.4 is 11.1 Å². The molecule has 0 radical (unpaired) electrons. The van der Waals surface area contributed by atoms with Crippen LogP contribution in [0.15, 0.2) is 36.4 Å². The first-order valence-electron chi connectivity index (χ1n) is 6.14. The second-order valence-electron chi connectivity index (χ2n) is 4.48. The number of aromatic nitrogens is 1. The Kier molecular flexibility index (Phi) is 3.80. The summed E-state index contributed by atoms with van der Waals surface area (Å²) in [7, 11) is 0. The van der Waals surface area contributed by atoms with Crippen LogP contribution in [-0.4, -0.2) is 10.9 Å². The summed E-state index contributed by atoms with van der Waals surface area (Å²) in [5.41, 5.74) is 9.84. The van der Waals surface area contributed by atoms with E-state index in [0.717, 1.165) is 22.5 Å². The van der Waals surface area contributed by atoms with Gasteiger partial charge in [0.2, 0.25) is 0 Å². The average Bonchev–Trinajstić information content (AvgIpc) is 2.40. The highest BCUT2D eigenvalue weighted by molar-refractivity contribution is 5.92. The minimum absolute atomic E-state index is 0.175. The monoisotopic (exact) mass is 255 g/mol. The van der Waals surface area contributed by atoms with Crippen molar-refractivity contribution in [2.24, 2.45) is 0 Å². The number of amides is 1. The van der Waals surface area contributed by atoms with E-state index < -0.39 is 0 Å². The first-order chi connectivity index (χ1) is 9.08. The number of carbonyl (C=O) groups excluding carboxylic acids is 1. The quantitative estimate of drug-likeness (QED) is 0.826. The normalized spacial score (nSPS) is 10.2. The van der Waals surface area contributed by atoms with Gasteiger partial charge in [-0.1, -0.05) is 18.2 Å². The fraction of sp³-hybridized carbons (Fsp3) is 0.200. The predicted molar refractivity (Wildman–Crippen MR) is 75.7 cm³/mol. The zero-order chi connectivity index (χ0) is 13.8. The molecule has 0 fully saturated rings. The van der Waals surface area contributed by atoms with Gasteiger partial charge >= 0.3 is 0 Å². The van der Waals surface area contributed by atoms with Crippen molar-refractivity contribution in [3.63, 3.8) is 0 Å². The number of rotatable bonds is 3. The van der Waals surface area contributed by atoms with E-state index in [0.29, 0.717) is 12.2 Å². The number of hydrogen-bond acceptors (Lipinski definition) is 3. The summed E-state index contributed by atoms with van der Waals surface area (Å²) in [5, 5.41) is 2.85. The van der Waals surface area contributed by atoms with E-state index in [2.05, 4.69) is 10.3 Å². The third-order valence-corrected chi connectivity index (χ3v) is 3.05. The number of carbonyl (C=O) groups is 1. The molecule has 0 aliphatic carbocycles. The summed E-state index contributed by atoms with van der Waals surface area (Å²) < 4.78 is 0.